The molecule has 0 aromatic heterocycles. The third kappa shape index (κ3) is 12.5. The quantitative estimate of drug-likeness (QED) is 0.204. The number of allylic oxidation sites excluding steroid dienone is 1. The first-order valence-corrected chi connectivity index (χ1v) is 10.6. The number of alkyl halides is 1. The summed E-state index contributed by atoms with van der Waals surface area (Å²) in [6.45, 7) is 9.00. The van der Waals surface area contributed by atoms with Gasteiger partial charge >= 0.3 is 0 Å². The second-order valence-corrected chi connectivity index (χ2v) is 10.2. The number of hydrogen-bond donors (Lipinski definition) is 0. The summed E-state index contributed by atoms with van der Waals surface area (Å²) in [5.74, 6) is 0. The largest absolute Gasteiger partial charge is 0.416 e. The predicted octanol–water partition coefficient (Wildman–Crippen LogP) is 5.29. The van der Waals surface area contributed by atoms with Gasteiger partial charge in [0.05, 0.1) is 0 Å². The molecule has 3 heteroatoms. The summed E-state index contributed by atoms with van der Waals surface area (Å²) in [6, 6.07) is 0. The molecule has 0 unspecified atom stereocenters. The second-order valence-electron chi connectivity index (χ2n) is 5.29. The smallest absolute Gasteiger partial charge is 0.201 e. The van der Waals surface area contributed by atoms with Crippen molar-refractivity contribution in [3.05, 3.63) is 12.7 Å². The summed E-state index contributed by atoms with van der Waals surface area (Å²) in [5.41, 5.74) is 0.705. The van der Waals surface area contributed by atoms with Crippen molar-refractivity contribution >= 4 is 19.9 Å². The molecule has 0 bridgehead atoms. The lowest BCUT2D eigenvalue weighted by Gasteiger charge is -2.19. The lowest BCUT2D eigenvalue weighted by Crippen LogP contribution is -2.33. The topological polar surface area (TPSA) is 9.23 Å². The summed E-state index contributed by atoms with van der Waals surface area (Å²) >= 11 is 5.85. The molecule has 0 fully saturated rings. The lowest BCUT2D eigenvalue weighted by atomic mass is 10.1. The van der Waals surface area contributed by atoms with Crippen LogP contribution in [-0.2, 0) is 4.43 Å². The maximum Gasteiger partial charge on any atom is 0.201 e. The molecule has 1 nitrogen and oxygen atoms in total. The Labute approximate surface area is 114 Å². The van der Waals surface area contributed by atoms with Crippen LogP contribution < -0.4 is 0 Å². The fraction of sp³-hybridized carbons (Fsp3) is 0.857. The van der Waals surface area contributed by atoms with Crippen molar-refractivity contribution in [2.75, 3.05) is 12.1 Å². The monoisotopic (exact) mass is 276 g/mol. The number of rotatable bonds is 12. The predicted molar refractivity (Wildman–Crippen MR) is 81.3 cm³/mol. The Morgan fingerprint density at radius 1 is 1.00 bits per heavy atom. The van der Waals surface area contributed by atoms with Crippen molar-refractivity contribution in [1.29, 1.82) is 0 Å². The molecule has 17 heavy (non-hydrogen) atoms. The van der Waals surface area contributed by atoms with Gasteiger partial charge in [-0.25, -0.2) is 0 Å². The average Bonchev–Trinajstić information content (AvgIpc) is 2.31. The normalized spacial score (nSPS) is 11.7. The van der Waals surface area contributed by atoms with Crippen molar-refractivity contribution in [3.63, 3.8) is 0 Å². The molecule has 0 aliphatic heterocycles. The van der Waals surface area contributed by atoms with E-state index in [2.05, 4.69) is 19.7 Å². The van der Waals surface area contributed by atoms with Crippen molar-refractivity contribution < 1.29 is 4.43 Å². The summed E-state index contributed by atoms with van der Waals surface area (Å²) in [5, 5.41) is 0. The summed E-state index contributed by atoms with van der Waals surface area (Å²) in [6.07, 6.45) is 12.4. The van der Waals surface area contributed by atoms with E-state index >= 15 is 0 Å². The Morgan fingerprint density at radius 2 is 1.53 bits per heavy atom. The summed E-state index contributed by atoms with van der Waals surface area (Å²) in [7, 11) is -1.51. The van der Waals surface area contributed by atoms with E-state index in [1.807, 2.05) is 6.08 Å². The van der Waals surface area contributed by atoms with Gasteiger partial charge < -0.3 is 4.43 Å². The highest BCUT2D eigenvalue weighted by atomic mass is 35.5. The Hall–Kier alpha value is 0.207. The zero-order valence-electron chi connectivity index (χ0n) is 11.6. The van der Waals surface area contributed by atoms with Gasteiger partial charge in [0, 0.05) is 12.1 Å². The van der Waals surface area contributed by atoms with Crippen LogP contribution in [0, 0.1) is 0 Å². The Balaban J connectivity index is 3.11. The third-order valence-corrected chi connectivity index (χ3v) is 6.43. The van der Waals surface area contributed by atoms with E-state index in [-0.39, 0.29) is 0 Å². The Bertz CT molecular complexity index is 183. The molecule has 0 atom stereocenters. The molecule has 0 saturated carbocycles. The molecular formula is C14H29ClOSi. The van der Waals surface area contributed by atoms with Crippen LogP contribution in [0.5, 0.6) is 0 Å². The first-order valence-electron chi connectivity index (χ1n) is 6.93. The van der Waals surface area contributed by atoms with Gasteiger partial charge in [0.15, 0.2) is 0 Å². The van der Waals surface area contributed by atoms with E-state index < -0.39 is 8.32 Å². The van der Waals surface area contributed by atoms with Gasteiger partial charge in [-0.2, -0.15) is 0 Å². The van der Waals surface area contributed by atoms with Crippen LogP contribution in [-0.4, -0.2) is 20.4 Å². The highest BCUT2D eigenvalue weighted by molar-refractivity contribution is 6.77. The van der Waals surface area contributed by atoms with E-state index in [0.29, 0.717) is 5.50 Å². The van der Waals surface area contributed by atoms with Gasteiger partial charge in [-0.15, -0.1) is 18.2 Å². The summed E-state index contributed by atoms with van der Waals surface area (Å²) < 4.78 is 5.83. The van der Waals surface area contributed by atoms with Crippen molar-refractivity contribution in [2.45, 2.75) is 64.5 Å². The molecule has 0 heterocycles. The van der Waals surface area contributed by atoms with Gasteiger partial charge in [0.2, 0.25) is 8.32 Å². The maximum absolute atomic E-state index is 5.85. The van der Waals surface area contributed by atoms with Gasteiger partial charge in [0.25, 0.3) is 0 Å². The molecule has 0 aliphatic rings. The molecule has 0 aliphatic carbocycles. The number of hydrogen-bond acceptors (Lipinski definition) is 1. The minimum Gasteiger partial charge on any atom is -0.416 e. The average molecular weight is 277 g/mol. The van der Waals surface area contributed by atoms with E-state index in [1.54, 1.807) is 0 Å². The SMILES string of the molecule is C=CCCCCCCCCCO[Si](C)(C)CCl. The van der Waals surface area contributed by atoms with E-state index in [4.69, 9.17) is 16.0 Å². The minimum absolute atomic E-state index is 0.705. The molecule has 0 spiro atoms. The Kier molecular flexibility index (Phi) is 11.4. The highest BCUT2D eigenvalue weighted by Gasteiger charge is 2.19. The zero-order chi connectivity index (χ0) is 13.0. The number of unbranched alkanes of at least 4 members (excludes halogenated alkanes) is 7. The number of halogens is 1. The fourth-order valence-corrected chi connectivity index (χ4v) is 2.67. The van der Waals surface area contributed by atoms with E-state index in [9.17, 15) is 0 Å². The second kappa shape index (κ2) is 11.3. The molecule has 0 rings (SSSR count). The molecule has 0 aromatic carbocycles. The van der Waals surface area contributed by atoms with Gasteiger partial charge in [0.1, 0.15) is 0 Å². The lowest BCUT2D eigenvalue weighted by molar-refractivity contribution is 0.297. The van der Waals surface area contributed by atoms with Crippen LogP contribution in [0.15, 0.2) is 12.7 Å². The minimum atomic E-state index is -1.51. The standard InChI is InChI=1S/C14H29ClOSi/c1-4-5-6-7-8-9-10-11-12-13-16-17(2,3)14-15/h4H,1,5-14H2,2-3H3. The van der Waals surface area contributed by atoms with Crippen molar-refractivity contribution in [2.24, 2.45) is 0 Å². The van der Waals surface area contributed by atoms with Crippen molar-refractivity contribution in [1.82, 2.24) is 0 Å². The van der Waals surface area contributed by atoms with Crippen LogP contribution in [0.4, 0.5) is 0 Å². The summed E-state index contributed by atoms with van der Waals surface area (Å²) in [4.78, 5) is 0. The molecule has 0 saturated heterocycles. The van der Waals surface area contributed by atoms with Gasteiger partial charge in [-0.1, -0.05) is 38.2 Å². The van der Waals surface area contributed by atoms with Gasteiger partial charge in [-0.05, 0) is 32.4 Å². The Morgan fingerprint density at radius 3 is 2.06 bits per heavy atom. The fourth-order valence-electron chi connectivity index (χ4n) is 1.66. The molecule has 0 amide bonds. The molecule has 0 N–H and O–H groups in total. The first-order chi connectivity index (χ1) is 8.12. The van der Waals surface area contributed by atoms with Crippen LogP contribution in [0.2, 0.25) is 13.1 Å². The molecule has 0 aromatic rings. The van der Waals surface area contributed by atoms with Crippen molar-refractivity contribution in [3.8, 4) is 0 Å². The van der Waals surface area contributed by atoms with E-state index in [1.165, 1.54) is 51.4 Å². The molecule has 0 radical (unpaired) electrons. The zero-order valence-corrected chi connectivity index (χ0v) is 13.4. The van der Waals surface area contributed by atoms with Crippen LogP contribution in [0.1, 0.15) is 51.4 Å². The van der Waals surface area contributed by atoms with Crippen LogP contribution >= 0.6 is 11.6 Å². The third-order valence-electron chi connectivity index (χ3n) is 2.87. The first kappa shape index (κ1) is 17.2. The maximum atomic E-state index is 5.85. The van der Waals surface area contributed by atoms with E-state index in [0.717, 1.165) is 6.61 Å². The highest BCUT2D eigenvalue weighted by Crippen LogP contribution is 2.11. The van der Waals surface area contributed by atoms with Crippen LogP contribution in [0.25, 0.3) is 0 Å². The molecule has 102 valence electrons. The van der Waals surface area contributed by atoms with Gasteiger partial charge in [-0.3, -0.25) is 0 Å². The molecular weight excluding hydrogens is 248 g/mol. The van der Waals surface area contributed by atoms with Crippen LogP contribution in [0.3, 0.4) is 0 Å².